The maximum Gasteiger partial charge on any atom is 0.220 e. The Morgan fingerprint density at radius 1 is 1.29 bits per heavy atom. The Kier molecular flexibility index (Phi) is 2.31. The van der Waals surface area contributed by atoms with Crippen molar-refractivity contribution in [1.29, 1.82) is 0 Å². The molecule has 1 fully saturated rings. The smallest absolute Gasteiger partial charge is 0.220 e. The van der Waals surface area contributed by atoms with Gasteiger partial charge in [-0.25, -0.2) is 0 Å². The van der Waals surface area contributed by atoms with Crippen LogP contribution < -0.4 is 5.32 Å². The van der Waals surface area contributed by atoms with E-state index in [1.807, 2.05) is 18.2 Å². The lowest BCUT2D eigenvalue weighted by molar-refractivity contribution is -0.119. The van der Waals surface area contributed by atoms with Crippen molar-refractivity contribution in [3.05, 3.63) is 35.9 Å². The summed E-state index contributed by atoms with van der Waals surface area (Å²) >= 11 is 0. The number of benzene rings is 1. The van der Waals surface area contributed by atoms with Crippen molar-refractivity contribution in [1.82, 2.24) is 5.32 Å². The summed E-state index contributed by atoms with van der Waals surface area (Å²) in [6, 6.07) is 8.74. The molecule has 14 heavy (non-hydrogen) atoms. The minimum absolute atomic E-state index is 0.0106. The van der Waals surface area contributed by atoms with E-state index in [1.54, 1.807) is 12.1 Å². The molecule has 1 saturated heterocycles. The molecule has 0 bridgehead atoms. The molecular weight excluding hydrogens is 178 g/mol. The van der Waals surface area contributed by atoms with E-state index < -0.39 is 0 Å². The zero-order valence-electron chi connectivity index (χ0n) is 7.69. The number of amides is 1. The van der Waals surface area contributed by atoms with E-state index in [2.05, 4.69) is 5.32 Å². The fourth-order valence-electron chi connectivity index (χ4n) is 1.61. The summed E-state index contributed by atoms with van der Waals surface area (Å²) in [4.78, 5) is 22.7. The van der Waals surface area contributed by atoms with Crippen molar-refractivity contribution >= 4 is 11.7 Å². The predicted octanol–water partition coefficient (Wildman–Crippen LogP) is 1.15. The van der Waals surface area contributed by atoms with Gasteiger partial charge >= 0.3 is 0 Å². The topological polar surface area (TPSA) is 46.2 Å². The first-order chi connectivity index (χ1) is 6.77. The molecule has 0 aliphatic carbocycles. The van der Waals surface area contributed by atoms with E-state index in [1.165, 1.54) is 0 Å². The quantitative estimate of drug-likeness (QED) is 0.709. The SMILES string of the molecule is O=C1CCC(C(=O)c2ccccc2)N1. The van der Waals surface area contributed by atoms with E-state index in [-0.39, 0.29) is 17.7 Å². The highest BCUT2D eigenvalue weighted by atomic mass is 16.2. The maximum atomic E-state index is 11.8. The molecule has 1 heterocycles. The highest BCUT2D eigenvalue weighted by molar-refractivity contribution is 6.03. The van der Waals surface area contributed by atoms with Crippen LogP contribution in [0.3, 0.4) is 0 Å². The van der Waals surface area contributed by atoms with Gasteiger partial charge in [-0.3, -0.25) is 9.59 Å². The number of carbonyl (C=O) groups excluding carboxylic acids is 2. The normalized spacial score (nSPS) is 20.6. The second-order valence-electron chi connectivity index (χ2n) is 3.39. The van der Waals surface area contributed by atoms with Crippen LogP contribution >= 0.6 is 0 Å². The van der Waals surface area contributed by atoms with Crippen molar-refractivity contribution in [2.24, 2.45) is 0 Å². The third-order valence-electron chi connectivity index (χ3n) is 2.37. The number of Topliss-reactive ketones (excluding diaryl/α,β-unsaturated/α-hetero) is 1. The first-order valence-electron chi connectivity index (χ1n) is 4.66. The van der Waals surface area contributed by atoms with Gasteiger partial charge < -0.3 is 5.32 Å². The van der Waals surface area contributed by atoms with Crippen molar-refractivity contribution in [2.75, 3.05) is 0 Å². The van der Waals surface area contributed by atoms with Crippen LogP contribution in [0.5, 0.6) is 0 Å². The van der Waals surface area contributed by atoms with Gasteiger partial charge in [0.2, 0.25) is 5.91 Å². The number of rotatable bonds is 2. The van der Waals surface area contributed by atoms with Gasteiger partial charge in [-0.1, -0.05) is 30.3 Å². The zero-order chi connectivity index (χ0) is 9.97. The van der Waals surface area contributed by atoms with Crippen LogP contribution in [0.2, 0.25) is 0 Å². The molecule has 72 valence electrons. The lowest BCUT2D eigenvalue weighted by atomic mass is 10.0. The highest BCUT2D eigenvalue weighted by Crippen LogP contribution is 2.12. The Morgan fingerprint density at radius 2 is 2.00 bits per heavy atom. The van der Waals surface area contributed by atoms with Crippen molar-refractivity contribution in [2.45, 2.75) is 18.9 Å². The van der Waals surface area contributed by atoms with Gasteiger partial charge in [-0.15, -0.1) is 0 Å². The molecule has 3 heteroatoms. The molecule has 0 aromatic heterocycles. The fourth-order valence-corrected chi connectivity index (χ4v) is 1.61. The van der Waals surface area contributed by atoms with Crippen LogP contribution in [0.1, 0.15) is 23.2 Å². The molecular formula is C11H11NO2. The third kappa shape index (κ3) is 1.66. The molecule has 1 aromatic carbocycles. The number of hydrogen-bond donors (Lipinski definition) is 1. The van der Waals surface area contributed by atoms with Crippen molar-refractivity contribution < 1.29 is 9.59 Å². The largest absolute Gasteiger partial charge is 0.346 e. The van der Waals surface area contributed by atoms with E-state index in [4.69, 9.17) is 0 Å². The molecule has 1 aliphatic heterocycles. The minimum Gasteiger partial charge on any atom is -0.346 e. The molecule has 1 aliphatic rings. The van der Waals surface area contributed by atoms with Crippen molar-refractivity contribution in [3.63, 3.8) is 0 Å². The van der Waals surface area contributed by atoms with Crippen LogP contribution in [0, 0.1) is 0 Å². The average molecular weight is 189 g/mol. The first kappa shape index (κ1) is 8.94. The van der Waals surface area contributed by atoms with E-state index in [0.29, 0.717) is 18.4 Å². The summed E-state index contributed by atoms with van der Waals surface area (Å²) in [6.45, 7) is 0. The van der Waals surface area contributed by atoms with Crippen LogP contribution in [0.4, 0.5) is 0 Å². The average Bonchev–Trinajstić information content (AvgIpc) is 2.65. The monoisotopic (exact) mass is 189 g/mol. The Balaban J connectivity index is 2.13. The summed E-state index contributed by atoms with van der Waals surface area (Å²) in [5.41, 5.74) is 0.666. The second kappa shape index (κ2) is 3.62. The van der Waals surface area contributed by atoms with E-state index >= 15 is 0 Å². The summed E-state index contributed by atoms with van der Waals surface area (Å²) in [7, 11) is 0. The zero-order valence-corrected chi connectivity index (χ0v) is 7.69. The van der Waals surface area contributed by atoms with Gasteiger partial charge in [0.1, 0.15) is 0 Å². The molecule has 1 N–H and O–H groups in total. The molecule has 0 radical (unpaired) electrons. The minimum atomic E-state index is -0.315. The third-order valence-corrected chi connectivity index (χ3v) is 2.37. The molecule has 0 spiro atoms. The predicted molar refractivity (Wildman–Crippen MR) is 51.9 cm³/mol. The van der Waals surface area contributed by atoms with Gasteiger partial charge in [0, 0.05) is 12.0 Å². The number of carbonyl (C=O) groups is 2. The lowest BCUT2D eigenvalue weighted by Gasteiger charge is -2.07. The standard InChI is InChI=1S/C11H11NO2/c13-10-7-6-9(12-10)11(14)8-4-2-1-3-5-8/h1-5,9H,6-7H2,(H,12,13). The maximum absolute atomic E-state index is 11.8. The summed E-state index contributed by atoms with van der Waals surface area (Å²) in [6.07, 6.45) is 1.08. The second-order valence-corrected chi connectivity index (χ2v) is 3.39. The van der Waals surface area contributed by atoms with E-state index in [0.717, 1.165) is 0 Å². The van der Waals surface area contributed by atoms with Gasteiger partial charge in [0.25, 0.3) is 0 Å². The molecule has 1 aromatic rings. The Bertz CT molecular complexity index is 359. The Hall–Kier alpha value is -1.64. The summed E-state index contributed by atoms with van der Waals surface area (Å²) in [5.74, 6) is -0.0178. The van der Waals surface area contributed by atoms with Gasteiger partial charge in [0.15, 0.2) is 5.78 Å². The fraction of sp³-hybridized carbons (Fsp3) is 0.273. The highest BCUT2D eigenvalue weighted by Gasteiger charge is 2.27. The summed E-state index contributed by atoms with van der Waals surface area (Å²) in [5, 5.41) is 2.66. The number of ketones is 1. The van der Waals surface area contributed by atoms with E-state index in [9.17, 15) is 9.59 Å². The van der Waals surface area contributed by atoms with Gasteiger partial charge in [0.05, 0.1) is 6.04 Å². The number of hydrogen-bond acceptors (Lipinski definition) is 2. The van der Waals surface area contributed by atoms with Crippen LogP contribution in [0.15, 0.2) is 30.3 Å². The first-order valence-corrected chi connectivity index (χ1v) is 4.66. The molecule has 3 nitrogen and oxygen atoms in total. The molecule has 1 atom stereocenters. The lowest BCUT2D eigenvalue weighted by Crippen LogP contribution is -2.33. The Morgan fingerprint density at radius 3 is 2.57 bits per heavy atom. The van der Waals surface area contributed by atoms with Crippen LogP contribution in [0.25, 0.3) is 0 Å². The van der Waals surface area contributed by atoms with Crippen LogP contribution in [-0.2, 0) is 4.79 Å². The van der Waals surface area contributed by atoms with Gasteiger partial charge in [-0.05, 0) is 6.42 Å². The molecule has 2 rings (SSSR count). The van der Waals surface area contributed by atoms with Gasteiger partial charge in [-0.2, -0.15) is 0 Å². The van der Waals surface area contributed by atoms with Crippen molar-refractivity contribution in [3.8, 4) is 0 Å². The molecule has 1 unspecified atom stereocenters. The molecule has 0 saturated carbocycles. The molecule has 1 amide bonds. The van der Waals surface area contributed by atoms with Crippen LogP contribution in [-0.4, -0.2) is 17.7 Å². The summed E-state index contributed by atoms with van der Waals surface area (Å²) < 4.78 is 0. The number of nitrogens with one attached hydrogen (secondary N) is 1. The Labute approximate surface area is 82.1 Å².